The number of fused-ring (bicyclic) bond motifs is 20. The lowest BCUT2D eigenvalue weighted by Crippen LogP contribution is -2.61. The van der Waals surface area contributed by atoms with E-state index >= 15 is 0 Å². The van der Waals surface area contributed by atoms with E-state index in [1.54, 1.807) is 0 Å². The van der Waals surface area contributed by atoms with Crippen molar-refractivity contribution >= 4 is 161 Å². The molecule has 4 aromatic heterocycles. The van der Waals surface area contributed by atoms with E-state index in [0.29, 0.717) is 0 Å². The molecule has 0 aliphatic carbocycles. The van der Waals surface area contributed by atoms with E-state index in [4.69, 9.17) is 4.42 Å². The molecule has 0 bridgehead atoms. The van der Waals surface area contributed by atoms with Gasteiger partial charge in [-0.2, -0.15) is 0 Å². The second-order valence-electron chi connectivity index (χ2n) is 30.4. The van der Waals surface area contributed by atoms with E-state index in [1.807, 2.05) is 0 Å². The zero-order chi connectivity index (χ0) is 74.6. The molecular weight excluding hydrogens is 1380 g/mol. The fourth-order valence-corrected chi connectivity index (χ4v) is 19.6. The minimum atomic E-state index is -0.363. The number of benzene rings is 18. The molecular formula is C108H67BN4O. The zero-order valence-corrected chi connectivity index (χ0v) is 62.0. The van der Waals surface area contributed by atoms with Gasteiger partial charge in [-0.1, -0.05) is 340 Å². The van der Waals surface area contributed by atoms with Gasteiger partial charge in [0, 0.05) is 93.8 Å². The number of anilines is 6. The second kappa shape index (κ2) is 25.3. The van der Waals surface area contributed by atoms with Gasteiger partial charge in [0.05, 0.1) is 39.0 Å². The van der Waals surface area contributed by atoms with Crippen molar-refractivity contribution < 1.29 is 4.42 Å². The quantitative estimate of drug-likeness (QED) is 0.135. The molecule has 0 saturated carbocycles. The molecule has 2 aliphatic heterocycles. The Bertz CT molecular complexity index is 7630. The van der Waals surface area contributed by atoms with E-state index in [0.717, 1.165) is 150 Å². The molecule has 528 valence electrons. The van der Waals surface area contributed by atoms with E-state index in [9.17, 15) is 0 Å². The minimum absolute atomic E-state index is 0.363. The van der Waals surface area contributed by atoms with E-state index in [1.165, 1.54) is 76.0 Å². The molecule has 0 fully saturated rings. The first-order chi connectivity index (χ1) is 56.6. The smallest absolute Gasteiger partial charge is 0.252 e. The molecule has 0 amide bonds. The molecule has 0 unspecified atom stereocenters. The summed E-state index contributed by atoms with van der Waals surface area (Å²) >= 11 is 0. The molecule has 0 saturated heterocycles. The third kappa shape index (κ3) is 9.55. The van der Waals surface area contributed by atoms with Crippen LogP contribution in [0.15, 0.2) is 411 Å². The minimum Gasteiger partial charge on any atom is -0.456 e. The number of para-hydroxylation sites is 7. The predicted octanol–water partition coefficient (Wildman–Crippen LogP) is 27.3. The van der Waals surface area contributed by atoms with Gasteiger partial charge in [-0.15, -0.1) is 0 Å². The largest absolute Gasteiger partial charge is 0.456 e. The van der Waals surface area contributed by atoms with Crippen LogP contribution in [0.1, 0.15) is 0 Å². The highest BCUT2D eigenvalue weighted by atomic mass is 16.3. The van der Waals surface area contributed by atoms with Gasteiger partial charge in [-0.25, -0.2) is 0 Å². The molecule has 0 N–H and O–H groups in total. The molecule has 5 nitrogen and oxygen atoms in total. The number of rotatable bonds is 9. The van der Waals surface area contributed by atoms with Crippen LogP contribution in [0.4, 0.5) is 34.1 Å². The van der Waals surface area contributed by atoms with Gasteiger partial charge in [0.1, 0.15) is 11.2 Å². The Morgan fingerprint density at radius 1 is 0.219 bits per heavy atom. The fourth-order valence-electron chi connectivity index (χ4n) is 19.6. The summed E-state index contributed by atoms with van der Waals surface area (Å²) in [5.74, 6) is 0. The third-order valence-electron chi connectivity index (χ3n) is 24.5. The highest BCUT2D eigenvalue weighted by Crippen LogP contribution is 2.56. The first kappa shape index (κ1) is 63.9. The standard InChI is InChI=1S/C108H67BN4O/c1-5-29-69(30-6-1)77-46-25-47-78(70-31-7-2-8-32-70)106(77)112-98-63-73(68-57-60-75(61-58-68)110-94-52-21-17-41-85(94)86-42-18-22-53-95(86)110)59-62-92(98)109-93-66-91-84-40-16-14-38-82(84)81-37-13-15-39-83(81)88-50-27-51-89-87-43-19-23-54-96(87)111(108(88)89)97(91)67-99(93)113(107-79(71-33-9-3-10-34-71)48-26-49-80(107)72-35-11-4-12-36-72)101-65-74(64-100(112)105(101)109)76-45-28-56-103-104(76)90-44-20-24-55-102(90)114-103/h1-67H. The normalized spacial score (nSPS) is 12.5. The predicted molar refractivity (Wildman–Crippen MR) is 482 cm³/mol. The van der Waals surface area contributed by atoms with Crippen molar-refractivity contribution in [3.05, 3.63) is 406 Å². The van der Waals surface area contributed by atoms with Crippen LogP contribution in [0, 0.1) is 0 Å². The monoisotopic (exact) mass is 1450 g/mol. The highest BCUT2D eigenvalue weighted by molar-refractivity contribution is 7.00. The molecule has 24 rings (SSSR count). The highest BCUT2D eigenvalue weighted by Gasteiger charge is 2.46. The molecule has 114 heavy (non-hydrogen) atoms. The topological polar surface area (TPSA) is 29.0 Å². The van der Waals surface area contributed by atoms with Gasteiger partial charge >= 0.3 is 0 Å². The Kier molecular flexibility index (Phi) is 14.2. The molecule has 18 aromatic carbocycles. The van der Waals surface area contributed by atoms with E-state index < -0.39 is 0 Å². The lowest BCUT2D eigenvalue weighted by Gasteiger charge is -2.46. The SMILES string of the molecule is c1ccc(-c2cccc(-c3ccccc3)c2N2c3cc(-c4ccc(-n5c6ccccc6c6ccccc65)cc4)ccc3B3c4cc5c6ccccc6c6ccccc6c6cccc7c8ccccc8n(c5cc4N(c4c(-c5ccccc5)cccc4-c4ccccc4)c4cc(-c5cccc8oc9ccccc9c58)cc2c43)c67)cc1. The van der Waals surface area contributed by atoms with E-state index in [-0.39, 0.29) is 6.71 Å². The summed E-state index contributed by atoms with van der Waals surface area (Å²) in [7, 11) is 0. The number of hydrogen-bond acceptors (Lipinski definition) is 3. The molecule has 0 atom stereocenters. The lowest BCUT2D eigenvalue weighted by molar-refractivity contribution is 0.669. The van der Waals surface area contributed by atoms with E-state index in [2.05, 4.69) is 425 Å². The fraction of sp³-hybridized carbons (Fsp3) is 0. The van der Waals surface area contributed by atoms with Crippen molar-refractivity contribution in [1.29, 1.82) is 0 Å². The van der Waals surface area contributed by atoms with Crippen molar-refractivity contribution in [2.75, 3.05) is 9.80 Å². The molecule has 6 heterocycles. The van der Waals surface area contributed by atoms with Crippen molar-refractivity contribution in [3.63, 3.8) is 0 Å². The van der Waals surface area contributed by atoms with Crippen molar-refractivity contribution in [2.24, 2.45) is 0 Å². The van der Waals surface area contributed by atoms with Crippen molar-refractivity contribution in [3.8, 4) is 72.4 Å². The van der Waals surface area contributed by atoms with Crippen LogP contribution in [0.5, 0.6) is 0 Å². The average molecular weight is 1450 g/mol. The maximum Gasteiger partial charge on any atom is 0.252 e. The average Bonchev–Trinajstić information content (AvgIpc) is 0.773. The van der Waals surface area contributed by atoms with Gasteiger partial charge in [-0.3, -0.25) is 0 Å². The molecule has 0 radical (unpaired) electrons. The number of furan rings is 1. The number of aromatic nitrogens is 2. The molecule has 22 aromatic rings. The van der Waals surface area contributed by atoms with Gasteiger partial charge < -0.3 is 23.2 Å². The summed E-state index contributed by atoms with van der Waals surface area (Å²) in [6.07, 6.45) is 0. The van der Waals surface area contributed by atoms with Crippen LogP contribution in [-0.4, -0.2) is 15.7 Å². The van der Waals surface area contributed by atoms with Crippen LogP contribution in [0.2, 0.25) is 0 Å². The van der Waals surface area contributed by atoms with Gasteiger partial charge in [-0.05, 0) is 149 Å². The second-order valence-corrected chi connectivity index (χ2v) is 30.4. The van der Waals surface area contributed by atoms with Gasteiger partial charge in [0.25, 0.3) is 6.71 Å². The number of nitrogens with zero attached hydrogens (tertiary/aromatic N) is 4. The Hall–Kier alpha value is -15.0. The summed E-state index contributed by atoms with van der Waals surface area (Å²) in [6.45, 7) is -0.363. The Labute approximate surface area is 658 Å². The number of hydrogen-bond donors (Lipinski definition) is 0. The van der Waals surface area contributed by atoms with Crippen molar-refractivity contribution in [2.45, 2.75) is 0 Å². The first-order valence-corrected chi connectivity index (χ1v) is 39.4. The zero-order valence-electron chi connectivity index (χ0n) is 62.0. The Morgan fingerprint density at radius 3 is 1.15 bits per heavy atom. The Morgan fingerprint density at radius 2 is 0.605 bits per heavy atom. The van der Waals surface area contributed by atoms with Crippen molar-refractivity contribution in [1.82, 2.24) is 8.97 Å². The molecule has 6 heteroatoms. The maximum atomic E-state index is 6.94. The third-order valence-corrected chi connectivity index (χ3v) is 24.5. The molecule has 0 spiro atoms. The van der Waals surface area contributed by atoms with Crippen LogP contribution in [0.25, 0.3) is 176 Å². The Balaban J connectivity index is 0.901. The summed E-state index contributed by atoms with van der Waals surface area (Å²) in [5, 5.41) is 14.1. The van der Waals surface area contributed by atoms with Crippen LogP contribution >= 0.6 is 0 Å². The summed E-state index contributed by atoms with van der Waals surface area (Å²) in [4.78, 5) is 5.41. The van der Waals surface area contributed by atoms with Gasteiger partial charge in [0.15, 0.2) is 0 Å². The first-order valence-electron chi connectivity index (χ1n) is 39.4. The van der Waals surface area contributed by atoms with Crippen LogP contribution in [0.3, 0.4) is 0 Å². The van der Waals surface area contributed by atoms with Gasteiger partial charge in [0.2, 0.25) is 0 Å². The lowest BCUT2D eigenvalue weighted by atomic mass is 9.33. The summed E-state index contributed by atoms with van der Waals surface area (Å²) < 4.78 is 12.0. The maximum absolute atomic E-state index is 6.94. The summed E-state index contributed by atoms with van der Waals surface area (Å²) in [6, 6.07) is 152. The van der Waals surface area contributed by atoms with Crippen LogP contribution < -0.4 is 26.2 Å². The molecule has 2 aliphatic rings. The van der Waals surface area contributed by atoms with Crippen LogP contribution in [-0.2, 0) is 0 Å². The summed E-state index contributed by atoms with van der Waals surface area (Å²) in [5.41, 5.74) is 31.8.